The van der Waals surface area contributed by atoms with Crippen molar-refractivity contribution >= 4 is 0 Å². The topological polar surface area (TPSA) is 45.4 Å². The Labute approximate surface area is 114 Å². The Hall–Kier alpha value is -1.20. The first-order valence-electron chi connectivity index (χ1n) is 7.12. The van der Waals surface area contributed by atoms with Crippen molar-refractivity contribution in [3.8, 4) is 0 Å². The third kappa shape index (κ3) is 3.22. The number of hydrogen-bond donors (Lipinski definition) is 0. The molecule has 2 fully saturated rings. The van der Waals surface area contributed by atoms with Crippen LogP contribution in [0.2, 0.25) is 0 Å². The van der Waals surface area contributed by atoms with E-state index in [0.717, 1.165) is 38.0 Å². The van der Waals surface area contributed by atoms with Gasteiger partial charge in [0.1, 0.15) is 6.04 Å². The first-order valence-corrected chi connectivity index (χ1v) is 7.12. The summed E-state index contributed by atoms with van der Waals surface area (Å²) in [6.45, 7) is 6.02. The number of nitrogens with zero attached hydrogens (tertiary/aromatic N) is 4. The maximum absolute atomic E-state index is 5.33. The van der Waals surface area contributed by atoms with Gasteiger partial charge in [-0.2, -0.15) is 4.98 Å². The monoisotopic (exact) mass is 262 g/mol. The Morgan fingerprint density at radius 2 is 2.21 bits per heavy atom. The highest BCUT2D eigenvalue weighted by Gasteiger charge is 2.29. The standard InChI is InChI=1S/C14H22N4O/c1-11-15-14(19-16-11)13-10-18(9-8-17(13)2)7-3-4-12-5-6-12/h3-4,12-13H,5-10H2,1-2H3. The Morgan fingerprint density at radius 1 is 1.37 bits per heavy atom. The van der Waals surface area contributed by atoms with Gasteiger partial charge >= 0.3 is 0 Å². The normalized spacial score (nSPS) is 26.3. The maximum Gasteiger partial charge on any atom is 0.245 e. The second-order valence-electron chi connectivity index (χ2n) is 5.70. The Bertz CT molecular complexity index is 452. The van der Waals surface area contributed by atoms with Crippen LogP contribution in [0.5, 0.6) is 0 Å². The van der Waals surface area contributed by atoms with Crippen LogP contribution in [-0.2, 0) is 0 Å². The molecule has 1 aromatic rings. The molecule has 3 rings (SSSR count). The number of hydrogen-bond acceptors (Lipinski definition) is 5. The van der Waals surface area contributed by atoms with E-state index < -0.39 is 0 Å². The molecule has 5 heteroatoms. The van der Waals surface area contributed by atoms with Crippen LogP contribution >= 0.6 is 0 Å². The Morgan fingerprint density at radius 3 is 2.89 bits per heavy atom. The molecular weight excluding hydrogens is 240 g/mol. The zero-order chi connectivity index (χ0) is 13.2. The minimum absolute atomic E-state index is 0.226. The summed E-state index contributed by atoms with van der Waals surface area (Å²) in [6, 6.07) is 0.226. The quantitative estimate of drug-likeness (QED) is 0.772. The third-order valence-corrected chi connectivity index (χ3v) is 3.95. The summed E-state index contributed by atoms with van der Waals surface area (Å²) in [5.74, 6) is 2.33. The van der Waals surface area contributed by atoms with Crippen LogP contribution in [0, 0.1) is 12.8 Å². The van der Waals surface area contributed by atoms with Gasteiger partial charge in [-0.1, -0.05) is 17.3 Å². The lowest BCUT2D eigenvalue weighted by Gasteiger charge is -2.37. The number of likely N-dealkylation sites (N-methyl/N-ethyl adjacent to an activating group) is 1. The number of allylic oxidation sites excluding steroid dienone is 1. The minimum Gasteiger partial charge on any atom is -0.338 e. The molecule has 1 aromatic heterocycles. The summed E-state index contributed by atoms with van der Waals surface area (Å²) in [4.78, 5) is 9.13. The molecule has 1 saturated carbocycles. The highest BCUT2D eigenvalue weighted by atomic mass is 16.5. The molecule has 1 aliphatic heterocycles. The summed E-state index contributed by atoms with van der Waals surface area (Å²) >= 11 is 0. The van der Waals surface area contributed by atoms with E-state index in [9.17, 15) is 0 Å². The summed E-state index contributed by atoms with van der Waals surface area (Å²) in [6.07, 6.45) is 7.44. The lowest BCUT2D eigenvalue weighted by Crippen LogP contribution is -2.46. The third-order valence-electron chi connectivity index (χ3n) is 3.95. The number of piperazine rings is 1. The summed E-state index contributed by atoms with van der Waals surface area (Å²) in [5, 5.41) is 3.90. The van der Waals surface area contributed by atoms with E-state index in [4.69, 9.17) is 4.52 Å². The second kappa shape index (κ2) is 5.43. The van der Waals surface area contributed by atoms with E-state index in [1.165, 1.54) is 12.8 Å². The van der Waals surface area contributed by atoms with Gasteiger partial charge in [-0.25, -0.2) is 0 Å². The van der Waals surface area contributed by atoms with Crippen molar-refractivity contribution in [3.63, 3.8) is 0 Å². The highest BCUT2D eigenvalue weighted by Crippen LogP contribution is 2.30. The molecule has 0 bridgehead atoms. The summed E-state index contributed by atoms with van der Waals surface area (Å²) < 4.78 is 5.33. The molecule has 0 radical (unpaired) electrons. The molecule has 1 saturated heterocycles. The van der Waals surface area contributed by atoms with Crippen LogP contribution in [0.15, 0.2) is 16.7 Å². The van der Waals surface area contributed by atoms with Gasteiger partial charge in [0.15, 0.2) is 5.82 Å². The van der Waals surface area contributed by atoms with Crippen molar-refractivity contribution in [1.82, 2.24) is 19.9 Å². The Kier molecular flexibility index (Phi) is 3.66. The lowest BCUT2D eigenvalue weighted by molar-refractivity contribution is 0.0832. The molecule has 1 aliphatic carbocycles. The number of rotatable bonds is 4. The van der Waals surface area contributed by atoms with Crippen LogP contribution in [-0.4, -0.2) is 53.2 Å². The number of aryl methyl sites for hydroxylation is 1. The van der Waals surface area contributed by atoms with E-state index in [2.05, 4.69) is 39.1 Å². The first kappa shape index (κ1) is 12.8. The van der Waals surface area contributed by atoms with Crippen molar-refractivity contribution < 1.29 is 4.52 Å². The highest BCUT2D eigenvalue weighted by molar-refractivity contribution is 5.00. The summed E-state index contributed by atoms with van der Waals surface area (Å²) in [7, 11) is 2.13. The van der Waals surface area contributed by atoms with Crippen LogP contribution in [0.3, 0.4) is 0 Å². The molecule has 0 aromatic carbocycles. The van der Waals surface area contributed by atoms with Gasteiger partial charge in [-0.05, 0) is 32.7 Å². The van der Waals surface area contributed by atoms with Crippen molar-refractivity contribution in [2.75, 3.05) is 33.2 Å². The van der Waals surface area contributed by atoms with Crippen molar-refractivity contribution in [2.24, 2.45) is 5.92 Å². The second-order valence-corrected chi connectivity index (χ2v) is 5.70. The zero-order valence-electron chi connectivity index (χ0n) is 11.7. The van der Waals surface area contributed by atoms with Gasteiger partial charge in [0.05, 0.1) is 0 Å². The summed E-state index contributed by atoms with van der Waals surface area (Å²) in [5.41, 5.74) is 0. The van der Waals surface area contributed by atoms with Gasteiger partial charge in [0, 0.05) is 26.2 Å². The average molecular weight is 262 g/mol. The molecule has 1 atom stereocenters. The SMILES string of the molecule is Cc1noc(C2CN(CC=CC3CC3)CCN2C)n1. The Balaban J connectivity index is 1.59. The van der Waals surface area contributed by atoms with E-state index in [0.29, 0.717) is 5.82 Å². The maximum atomic E-state index is 5.33. The van der Waals surface area contributed by atoms with Crippen LogP contribution in [0.1, 0.15) is 30.6 Å². The number of aromatic nitrogens is 2. The van der Waals surface area contributed by atoms with Gasteiger partial charge < -0.3 is 4.52 Å². The lowest BCUT2D eigenvalue weighted by atomic mass is 10.1. The predicted molar refractivity (Wildman–Crippen MR) is 72.7 cm³/mol. The van der Waals surface area contributed by atoms with Crippen LogP contribution in [0.4, 0.5) is 0 Å². The minimum atomic E-state index is 0.226. The van der Waals surface area contributed by atoms with Crippen molar-refractivity contribution in [2.45, 2.75) is 25.8 Å². The van der Waals surface area contributed by atoms with Crippen molar-refractivity contribution in [3.05, 3.63) is 23.9 Å². The fourth-order valence-corrected chi connectivity index (χ4v) is 2.50. The molecule has 104 valence electrons. The van der Waals surface area contributed by atoms with Gasteiger partial charge in [-0.3, -0.25) is 9.80 Å². The van der Waals surface area contributed by atoms with E-state index in [1.807, 2.05) is 6.92 Å². The molecule has 2 aliphatic rings. The molecular formula is C14H22N4O. The van der Waals surface area contributed by atoms with Gasteiger partial charge in [0.25, 0.3) is 0 Å². The molecule has 0 N–H and O–H groups in total. The fraction of sp³-hybridized carbons (Fsp3) is 0.714. The first-order chi connectivity index (χ1) is 9.22. The van der Waals surface area contributed by atoms with E-state index in [-0.39, 0.29) is 6.04 Å². The largest absolute Gasteiger partial charge is 0.338 e. The van der Waals surface area contributed by atoms with Gasteiger partial charge in [0.2, 0.25) is 5.89 Å². The van der Waals surface area contributed by atoms with Gasteiger partial charge in [-0.15, -0.1) is 0 Å². The predicted octanol–water partition coefficient (Wildman–Crippen LogP) is 1.63. The zero-order valence-corrected chi connectivity index (χ0v) is 11.7. The van der Waals surface area contributed by atoms with Crippen LogP contribution in [0.25, 0.3) is 0 Å². The molecule has 19 heavy (non-hydrogen) atoms. The van der Waals surface area contributed by atoms with Crippen molar-refractivity contribution in [1.29, 1.82) is 0 Å². The van der Waals surface area contributed by atoms with Crippen LogP contribution < -0.4 is 0 Å². The molecule has 0 spiro atoms. The fourth-order valence-electron chi connectivity index (χ4n) is 2.50. The smallest absolute Gasteiger partial charge is 0.245 e. The average Bonchev–Trinajstić information content (AvgIpc) is 3.12. The van der Waals surface area contributed by atoms with E-state index >= 15 is 0 Å². The molecule has 2 heterocycles. The molecule has 1 unspecified atom stereocenters. The molecule has 0 amide bonds. The molecule has 5 nitrogen and oxygen atoms in total. The van der Waals surface area contributed by atoms with E-state index in [1.54, 1.807) is 0 Å².